The van der Waals surface area contributed by atoms with Crippen LogP contribution in [0.5, 0.6) is 0 Å². The second-order valence-corrected chi connectivity index (χ2v) is 8.20. The molecule has 5 rings (SSSR count). The summed E-state index contributed by atoms with van der Waals surface area (Å²) in [6.07, 6.45) is 5.73. The Balaban J connectivity index is 1.49. The molecule has 30 heavy (non-hydrogen) atoms. The largest absolute Gasteiger partial charge is 0.340 e. The van der Waals surface area contributed by atoms with Crippen LogP contribution in [0.25, 0.3) is 22.2 Å². The number of aromatic nitrogens is 4. The first kappa shape index (κ1) is 18.3. The van der Waals surface area contributed by atoms with Crippen LogP contribution in [-0.2, 0) is 4.79 Å². The van der Waals surface area contributed by atoms with Crippen molar-refractivity contribution in [3.8, 4) is 17.3 Å². The summed E-state index contributed by atoms with van der Waals surface area (Å²) in [5.41, 5.74) is 4.00. The van der Waals surface area contributed by atoms with Crippen molar-refractivity contribution < 1.29 is 4.79 Å². The zero-order valence-corrected chi connectivity index (χ0v) is 16.7. The van der Waals surface area contributed by atoms with Crippen LogP contribution in [0.3, 0.4) is 0 Å². The SMILES string of the molecule is C=CC(=O)N1CC2(CCN(c3ncc(C#N)c(-c4c(C)ccc5[nH]ncc45)n3)C2)C1. The van der Waals surface area contributed by atoms with Crippen molar-refractivity contribution in [1.82, 2.24) is 25.1 Å². The summed E-state index contributed by atoms with van der Waals surface area (Å²) in [4.78, 5) is 25.1. The van der Waals surface area contributed by atoms with Crippen LogP contribution in [0.2, 0.25) is 0 Å². The summed E-state index contributed by atoms with van der Waals surface area (Å²) < 4.78 is 0. The lowest BCUT2D eigenvalue weighted by molar-refractivity contribution is -0.136. The molecule has 0 aliphatic carbocycles. The average Bonchev–Trinajstić information content (AvgIpc) is 3.39. The highest BCUT2D eigenvalue weighted by molar-refractivity contribution is 5.96. The monoisotopic (exact) mass is 399 g/mol. The first-order valence-electron chi connectivity index (χ1n) is 9.90. The number of benzene rings is 1. The molecule has 2 fully saturated rings. The maximum atomic E-state index is 11.8. The van der Waals surface area contributed by atoms with Crippen LogP contribution >= 0.6 is 0 Å². The fraction of sp³-hybridized carbons (Fsp3) is 0.318. The molecule has 2 aromatic heterocycles. The van der Waals surface area contributed by atoms with Gasteiger partial charge in [0.25, 0.3) is 0 Å². The number of hydrogen-bond donors (Lipinski definition) is 1. The fourth-order valence-electron chi connectivity index (χ4n) is 4.65. The third-order valence-corrected chi connectivity index (χ3v) is 6.23. The van der Waals surface area contributed by atoms with Crippen LogP contribution in [0.1, 0.15) is 17.5 Å². The third-order valence-electron chi connectivity index (χ3n) is 6.23. The molecule has 2 aliphatic rings. The number of carbonyl (C=O) groups excluding carboxylic acids is 1. The molecule has 150 valence electrons. The Morgan fingerprint density at radius 1 is 1.33 bits per heavy atom. The van der Waals surface area contributed by atoms with Gasteiger partial charge in [-0.1, -0.05) is 12.6 Å². The molecule has 0 bridgehead atoms. The molecule has 2 aliphatic heterocycles. The predicted octanol–water partition coefficient (Wildman–Crippen LogP) is 2.42. The van der Waals surface area contributed by atoms with Crippen molar-refractivity contribution >= 4 is 22.8 Å². The van der Waals surface area contributed by atoms with E-state index in [1.54, 1.807) is 12.4 Å². The average molecular weight is 399 g/mol. The maximum absolute atomic E-state index is 11.8. The number of H-pyrrole nitrogens is 1. The van der Waals surface area contributed by atoms with Crippen molar-refractivity contribution in [1.29, 1.82) is 5.26 Å². The second-order valence-electron chi connectivity index (χ2n) is 8.20. The van der Waals surface area contributed by atoms with E-state index in [4.69, 9.17) is 4.98 Å². The van der Waals surface area contributed by atoms with E-state index in [0.717, 1.165) is 54.6 Å². The van der Waals surface area contributed by atoms with E-state index in [0.29, 0.717) is 17.2 Å². The first-order valence-corrected chi connectivity index (χ1v) is 9.90. The van der Waals surface area contributed by atoms with Crippen molar-refractivity contribution in [2.24, 2.45) is 5.41 Å². The van der Waals surface area contributed by atoms with Crippen LogP contribution < -0.4 is 4.90 Å². The van der Waals surface area contributed by atoms with E-state index < -0.39 is 0 Å². The van der Waals surface area contributed by atoms with E-state index >= 15 is 0 Å². The Kier molecular flexibility index (Phi) is 4.07. The van der Waals surface area contributed by atoms with Crippen molar-refractivity contribution in [2.75, 3.05) is 31.1 Å². The topological polar surface area (TPSA) is 102 Å². The number of anilines is 1. The second kappa shape index (κ2) is 6.66. The summed E-state index contributed by atoms with van der Waals surface area (Å²) in [7, 11) is 0. The molecule has 3 aromatic rings. The van der Waals surface area contributed by atoms with Gasteiger partial charge in [0.05, 0.1) is 29.2 Å². The minimum absolute atomic E-state index is 0.0142. The minimum atomic E-state index is -0.0142. The molecule has 2 saturated heterocycles. The van der Waals surface area contributed by atoms with Crippen LogP contribution in [-0.4, -0.2) is 57.2 Å². The van der Waals surface area contributed by atoms with Crippen molar-refractivity contribution in [2.45, 2.75) is 13.3 Å². The first-order chi connectivity index (χ1) is 14.5. The van der Waals surface area contributed by atoms with E-state index in [2.05, 4.69) is 32.7 Å². The van der Waals surface area contributed by atoms with Gasteiger partial charge in [-0.2, -0.15) is 10.4 Å². The standard InChI is InChI=1S/C22H21N7O/c1-3-18(30)29-12-22(13-29)6-7-28(11-22)21-24-9-15(8-23)20(26-21)19-14(2)4-5-17-16(19)10-25-27-17/h3-5,9-10H,1,6-7,11-13H2,2H3,(H,25,27). The van der Waals surface area contributed by atoms with Gasteiger partial charge in [-0.15, -0.1) is 0 Å². The number of likely N-dealkylation sites (tertiary alicyclic amines) is 1. The molecule has 0 atom stereocenters. The highest BCUT2D eigenvalue weighted by atomic mass is 16.2. The zero-order chi connectivity index (χ0) is 20.9. The number of nitrogens with one attached hydrogen (secondary N) is 1. The summed E-state index contributed by atoms with van der Waals surface area (Å²) in [6, 6.07) is 6.21. The van der Waals surface area contributed by atoms with Crippen molar-refractivity contribution in [3.63, 3.8) is 0 Å². The molecule has 1 amide bonds. The normalized spacial score (nSPS) is 17.2. The summed E-state index contributed by atoms with van der Waals surface area (Å²) >= 11 is 0. The number of aromatic amines is 1. The predicted molar refractivity (Wildman–Crippen MR) is 113 cm³/mol. The number of nitriles is 1. The molecule has 0 unspecified atom stereocenters. The number of hydrogen-bond acceptors (Lipinski definition) is 6. The molecule has 8 heteroatoms. The van der Waals surface area contributed by atoms with Gasteiger partial charge in [-0.3, -0.25) is 9.89 Å². The highest BCUT2D eigenvalue weighted by Crippen LogP contribution is 2.41. The summed E-state index contributed by atoms with van der Waals surface area (Å²) in [6.45, 7) is 8.69. The highest BCUT2D eigenvalue weighted by Gasteiger charge is 2.49. The molecule has 0 saturated carbocycles. The van der Waals surface area contributed by atoms with Crippen molar-refractivity contribution in [3.05, 3.63) is 48.3 Å². The molecule has 1 N–H and O–H groups in total. The van der Waals surface area contributed by atoms with Gasteiger partial charge < -0.3 is 9.80 Å². The number of carbonyl (C=O) groups is 1. The van der Waals surface area contributed by atoms with E-state index in [1.165, 1.54) is 6.08 Å². The number of amides is 1. The van der Waals surface area contributed by atoms with Gasteiger partial charge in [-0.05, 0) is 31.1 Å². The van der Waals surface area contributed by atoms with Crippen LogP contribution in [0, 0.1) is 23.7 Å². The van der Waals surface area contributed by atoms with Gasteiger partial charge >= 0.3 is 0 Å². The molecule has 4 heterocycles. The van der Waals surface area contributed by atoms with Gasteiger partial charge in [0, 0.05) is 42.5 Å². The van der Waals surface area contributed by atoms with Crippen LogP contribution in [0.4, 0.5) is 5.95 Å². The third kappa shape index (κ3) is 2.74. The molecule has 8 nitrogen and oxygen atoms in total. The van der Waals surface area contributed by atoms with Gasteiger partial charge in [0.1, 0.15) is 6.07 Å². The van der Waals surface area contributed by atoms with E-state index in [9.17, 15) is 10.1 Å². The fourth-order valence-corrected chi connectivity index (χ4v) is 4.65. The Bertz CT molecular complexity index is 1220. The van der Waals surface area contributed by atoms with E-state index in [1.807, 2.05) is 24.0 Å². The summed E-state index contributed by atoms with van der Waals surface area (Å²) in [5.74, 6) is 0.605. The lowest BCUT2D eigenvalue weighted by Crippen LogP contribution is -2.59. The maximum Gasteiger partial charge on any atom is 0.245 e. The molecular formula is C22H21N7O. The number of aryl methyl sites for hydroxylation is 1. The molecule has 1 spiro atoms. The quantitative estimate of drug-likeness (QED) is 0.679. The zero-order valence-electron chi connectivity index (χ0n) is 16.7. The number of nitrogens with zero attached hydrogens (tertiary/aromatic N) is 6. The number of rotatable bonds is 3. The molecule has 0 radical (unpaired) electrons. The Hall–Kier alpha value is -3.73. The smallest absolute Gasteiger partial charge is 0.245 e. The molecular weight excluding hydrogens is 378 g/mol. The summed E-state index contributed by atoms with van der Waals surface area (Å²) in [5, 5.41) is 17.7. The van der Waals surface area contributed by atoms with E-state index in [-0.39, 0.29) is 11.3 Å². The Labute approximate surface area is 173 Å². The van der Waals surface area contributed by atoms with Gasteiger partial charge in [-0.25, -0.2) is 9.97 Å². The minimum Gasteiger partial charge on any atom is -0.340 e. The van der Waals surface area contributed by atoms with Crippen LogP contribution in [0.15, 0.2) is 37.2 Å². The van der Waals surface area contributed by atoms with Gasteiger partial charge in [0.2, 0.25) is 11.9 Å². The Morgan fingerprint density at radius 2 is 2.17 bits per heavy atom. The lowest BCUT2D eigenvalue weighted by atomic mass is 9.79. The lowest BCUT2D eigenvalue weighted by Gasteiger charge is -2.47. The van der Waals surface area contributed by atoms with Gasteiger partial charge in [0.15, 0.2) is 0 Å². The molecule has 1 aromatic carbocycles. The number of fused-ring (bicyclic) bond motifs is 1. The Morgan fingerprint density at radius 3 is 2.93 bits per heavy atom.